The lowest BCUT2D eigenvalue weighted by Gasteiger charge is -2.20. The van der Waals surface area contributed by atoms with E-state index in [1.54, 1.807) is 18.3 Å². The van der Waals surface area contributed by atoms with Gasteiger partial charge in [-0.2, -0.15) is 0 Å². The van der Waals surface area contributed by atoms with E-state index in [-0.39, 0.29) is 5.82 Å². The number of benzene rings is 1. The molecule has 5 heteroatoms. The molecule has 0 unspecified atom stereocenters. The Labute approximate surface area is 125 Å². The number of hydrogen-bond acceptors (Lipinski definition) is 2. The Hall–Kier alpha value is -1.13. The lowest BCUT2D eigenvalue weighted by Crippen LogP contribution is -2.19. The third-order valence-electron chi connectivity index (χ3n) is 2.75. The second-order valence-electron chi connectivity index (χ2n) is 4.25. The quantitative estimate of drug-likeness (QED) is 0.767. The molecule has 0 N–H and O–H groups in total. The molecule has 0 spiro atoms. The van der Waals surface area contributed by atoms with E-state index in [2.05, 4.69) is 20.9 Å². The van der Waals surface area contributed by atoms with E-state index in [0.29, 0.717) is 12.4 Å². The number of nitrogens with zero attached hydrogens (tertiary/aromatic N) is 2. The van der Waals surface area contributed by atoms with Gasteiger partial charge in [0.05, 0.1) is 5.88 Å². The highest BCUT2D eigenvalue weighted by atomic mass is 79.9. The molecule has 2 rings (SSSR count). The molecular weight excluding hydrogens is 331 g/mol. The van der Waals surface area contributed by atoms with Gasteiger partial charge in [0, 0.05) is 29.8 Å². The van der Waals surface area contributed by atoms with Crippen molar-refractivity contribution in [1.82, 2.24) is 4.98 Å². The summed E-state index contributed by atoms with van der Waals surface area (Å²) in [5.74, 6) is 1.01. The standard InChI is InChI=1S/C14H13BrClFN2/c1-19(9-10-2-4-13(17)5-3-10)14-11(7-16)6-12(15)8-18-14/h2-6,8H,7,9H2,1H3. The summed E-state index contributed by atoms with van der Waals surface area (Å²) in [6, 6.07) is 8.41. The molecule has 2 nitrogen and oxygen atoms in total. The van der Waals surface area contributed by atoms with Gasteiger partial charge in [0.25, 0.3) is 0 Å². The summed E-state index contributed by atoms with van der Waals surface area (Å²) < 4.78 is 13.8. The van der Waals surface area contributed by atoms with Crippen LogP contribution in [0.1, 0.15) is 11.1 Å². The molecule has 0 radical (unpaired) electrons. The van der Waals surface area contributed by atoms with E-state index >= 15 is 0 Å². The van der Waals surface area contributed by atoms with Crippen LogP contribution >= 0.6 is 27.5 Å². The third kappa shape index (κ3) is 3.67. The van der Waals surface area contributed by atoms with Crippen LogP contribution in [0, 0.1) is 5.82 Å². The van der Waals surface area contributed by atoms with Gasteiger partial charge < -0.3 is 4.90 Å². The van der Waals surface area contributed by atoms with Crippen LogP contribution < -0.4 is 4.90 Å². The first-order valence-corrected chi connectivity index (χ1v) is 7.09. The first kappa shape index (κ1) is 14.3. The minimum atomic E-state index is -0.227. The van der Waals surface area contributed by atoms with Crippen LogP contribution in [0.2, 0.25) is 0 Å². The van der Waals surface area contributed by atoms with Gasteiger partial charge in [-0.15, -0.1) is 11.6 Å². The van der Waals surface area contributed by atoms with Crippen molar-refractivity contribution >= 4 is 33.3 Å². The first-order valence-electron chi connectivity index (χ1n) is 5.76. The van der Waals surface area contributed by atoms with E-state index in [1.807, 2.05) is 18.0 Å². The number of rotatable bonds is 4. The molecule has 0 bridgehead atoms. The third-order valence-corrected chi connectivity index (χ3v) is 3.47. The second-order valence-corrected chi connectivity index (χ2v) is 5.44. The van der Waals surface area contributed by atoms with Crippen molar-refractivity contribution in [3.8, 4) is 0 Å². The predicted octanol–water partition coefficient (Wildman–Crippen LogP) is 4.36. The van der Waals surface area contributed by atoms with Gasteiger partial charge in [-0.1, -0.05) is 12.1 Å². The average Bonchev–Trinajstić information content (AvgIpc) is 2.41. The molecule has 0 fully saturated rings. The Bertz CT molecular complexity index is 560. The van der Waals surface area contributed by atoms with Crippen LogP contribution in [0.15, 0.2) is 41.0 Å². The first-order chi connectivity index (χ1) is 9.10. The summed E-state index contributed by atoms with van der Waals surface area (Å²) in [6.07, 6.45) is 1.74. The fraction of sp³-hybridized carbons (Fsp3) is 0.214. The van der Waals surface area contributed by atoms with Gasteiger partial charge in [-0.05, 0) is 39.7 Å². The van der Waals surface area contributed by atoms with E-state index in [9.17, 15) is 4.39 Å². The van der Waals surface area contributed by atoms with E-state index in [0.717, 1.165) is 21.4 Å². The van der Waals surface area contributed by atoms with E-state index in [4.69, 9.17) is 11.6 Å². The summed E-state index contributed by atoms with van der Waals surface area (Å²) in [6.45, 7) is 0.652. The number of hydrogen-bond donors (Lipinski definition) is 0. The molecule has 0 saturated carbocycles. The highest BCUT2D eigenvalue weighted by Gasteiger charge is 2.09. The topological polar surface area (TPSA) is 16.1 Å². The number of pyridine rings is 1. The highest BCUT2D eigenvalue weighted by molar-refractivity contribution is 9.10. The van der Waals surface area contributed by atoms with Gasteiger partial charge in [-0.3, -0.25) is 0 Å². The summed E-state index contributed by atoms with van der Waals surface area (Å²) in [4.78, 5) is 6.38. The number of alkyl halides is 1. The number of anilines is 1. The maximum Gasteiger partial charge on any atom is 0.133 e. The maximum atomic E-state index is 12.9. The molecule has 1 aromatic carbocycles. The maximum absolute atomic E-state index is 12.9. The SMILES string of the molecule is CN(Cc1ccc(F)cc1)c1ncc(Br)cc1CCl. The minimum absolute atomic E-state index is 0.227. The average molecular weight is 344 g/mol. The molecule has 0 aliphatic carbocycles. The molecule has 0 saturated heterocycles. The zero-order valence-corrected chi connectivity index (χ0v) is 12.7. The van der Waals surface area contributed by atoms with Crippen molar-refractivity contribution in [2.24, 2.45) is 0 Å². The van der Waals surface area contributed by atoms with Gasteiger partial charge in [0.15, 0.2) is 0 Å². The second kappa shape index (κ2) is 6.35. The lowest BCUT2D eigenvalue weighted by atomic mass is 10.2. The fourth-order valence-electron chi connectivity index (χ4n) is 1.85. The Morgan fingerprint density at radius 1 is 1.32 bits per heavy atom. The van der Waals surface area contributed by atoms with Crippen molar-refractivity contribution in [2.75, 3.05) is 11.9 Å². The summed E-state index contributed by atoms with van der Waals surface area (Å²) in [7, 11) is 1.94. The minimum Gasteiger partial charge on any atom is -0.355 e. The van der Waals surface area contributed by atoms with Crippen molar-refractivity contribution in [3.05, 3.63) is 57.9 Å². The van der Waals surface area contributed by atoms with E-state index in [1.165, 1.54) is 12.1 Å². The molecule has 19 heavy (non-hydrogen) atoms. The van der Waals surface area contributed by atoms with Crippen LogP contribution in [0.4, 0.5) is 10.2 Å². The zero-order chi connectivity index (χ0) is 13.8. The molecule has 0 aliphatic rings. The van der Waals surface area contributed by atoms with Crippen LogP contribution in [0.5, 0.6) is 0 Å². The normalized spacial score (nSPS) is 10.5. The van der Waals surface area contributed by atoms with Gasteiger partial charge >= 0.3 is 0 Å². The van der Waals surface area contributed by atoms with Crippen molar-refractivity contribution < 1.29 is 4.39 Å². The smallest absolute Gasteiger partial charge is 0.133 e. The van der Waals surface area contributed by atoms with Gasteiger partial charge in [0.1, 0.15) is 11.6 Å². The Morgan fingerprint density at radius 3 is 2.63 bits per heavy atom. The van der Waals surface area contributed by atoms with Crippen molar-refractivity contribution in [1.29, 1.82) is 0 Å². The summed E-state index contributed by atoms with van der Waals surface area (Å²) in [5.41, 5.74) is 1.98. The van der Waals surface area contributed by atoms with Crippen LogP contribution in [-0.4, -0.2) is 12.0 Å². The van der Waals surface area contributed by atoms with Crippen molar-refractivity contribution in [2.45, 2.75) is 12.4 Å². The molecule has 0 atom stereocenters. The van der Waals surface area contributed by atoms with E-state index < -0.39 is 0 Å². The summed E-state index contributed by atoms with van der Waals surface area (Å²) >= 11 is 9.31. The molecule has 0 aliphatic heterocycles. The molecular formula is C14H13BrClFN2. The zero-order valence-electron chi connectivity index (χ0n) is 10.4. The fourth-order valence-corrected chi connectivity index (χ4v) is 2.43. The van der Waals surface area contributed by atoms with Gasteiger partial charge in [0.2, 0.25) is 0 Å². The molecule has 100 valence electrons. The Morgan fingerprint density at radius 2 is 2.00 bits per heavy atom. The van der Waals surface area contributed by atoms with Crippen molar-refractivity contribution in [3.63, 3.8) is 0 Å². The summed E-state index contributed by atoms with van der Waals surface area (Å²) in [5, 5.41) is 0. The van der Waals surface area contributed by atoms with Gasteiger partial charge in [-0.25, -0.2) is 9.37 Å². The number of halogens is 3. The predicted molar refractivity (Wildman–Crippen MR) is 80.0 cm³/mol. The van der Waals surface area contributed by atoms with Crippen LogP contribution in [-0.2, 0) is 12.4 Å². The molecule has 0 amide bonds. The Kier molecular flexibility index (Phi) is 4.77. The Balaban J connectivity index is 2.19. The monoisotopic (exact) mass is 342 g/mol. The number of aromatic nitrogens is 1. The molecule has 1 heterocycles. The lowest BCUT2D eigenvalue weighted by molar-refractivity contribution is 0.627. The highest BCUT2D eigenvalue weighted by Crippen LogP contribution is 2.23. The largest absolute Gasteiger partial charge is 0.355 e. The molecule has 2 aromatic rings. The van der Waals surface area contributed by atoms with Crippen LogP contribution in [0.25, 0.3) is 0 Å². The molecule has 1 aromatic heterocycles. The van der Waals surface area contributed by atoms with Crippen LogP contribution in [0.3, 0.4) is 0 Å².